The lowest BCUT2D eigenvalue weighted by Gasteiger charge is -2.30. The van der Waals surface area contributed by atoms with Gasteiger partial charge in [-0.25, -0.2) is 8.42 Å². The molecular formula is C15H18N2O3S. The van der Waals surface area contributed by atoms with Crippen LogP contribution in [0.3, 0.4) is 0 Å². The fourth-order valence-corrected chi connectivity index (χ4v) is 4.34. The number of aromatic nitrogens is 1. The highest BCUT2D eigenvalue weighted by atomic mass is 32.2. The van der Waals surface area contributed by atoms with Gasteiger partial charge in [0.25, 0.3) is 0 Å². The van der Waals surface area contributed by atoms with E-state index in [0.717, 1.165) is 11.1 Å². The van der Waals surface area contributed by atoms with Crippen LogP contribution in [0.5, 0.6) is 0 Å². The van der Waals surface area contributed by atoms with Crippen molar-refractivity contribution in [3.05, 3.63) is 36.0 Å². The summed E-state index contributed by atoms with van der Waals surface area (Å²) in [5, 5.41) is 0.677. The van der Waals surface area contributed by atoms with E-state index in [0.29, 0.717) is 30.0 Å². The maximum Gasteiger partial charge on any atom is 0.243 e. The summed E-state index contributed by atoms with van der Waals surface area (Å²) in [5.41, 5.74) is 1.71. The molecule has 112 valence electrons. The van der Waals surface area contributed by atoms with Crippen LogP contribution in [0.15, 0.2) is 35.4 Å². The molecule has 6 heteroatoms. The lowest BCUT2D eigenvalue weighted by atomic mass is 10.1. The number of pyridine rings is 1. The minimum atomic E-state index is -3.52. The monoisotopic (exact) mass is 306 g/mol. The smallest absolute Gasteiger partial charge is 0.243 e. The molecule has 1 saturated heterocycles. The highest BCUT2D eigenvalue weighted by Gasteiger charge is 2.30. The van der Waals surface area contributed by atoms with Gasteiger partial charge in [-0.15, -0.1) is 0 Å². The SMILES string of the molecule is Cc1ccc(S(=O)(=O)N2CCO[C@@H](C)C2)c2cccnc12. The second kappa shape index (κ2) is 5.36. The van der Waals surface area contributed by atoms with Gasteiger partial charge >= 0.3 is 0 Å². The average molecular weight is 306 g/mol. The van der Waals surface area contributed by atoms with Crippen LogP contribution >= 0.6 is 0 Å². The molecule has 1 atom stereocenters. The van der Waals surface area contributed by atoms with Crippen molar-refractivity contribution in [3.8, 4) is 0 Å². The van der Waals surface area contributed by atoms with Crippen molar-refractivity contribution in [1.82, 2.24) is 9.29 Å². The van der Waals surface area contributed by atoms with Gasteiger partial charge in [0.15, 0.2) is 0 Å². The largest absolute Gasteiger partial charge is 0.376 e. The molecule has 2 aromatic rings. The van der Waals surface area contributed by atoms with Crippen LogP contribution in [0.2, 0.25) is 0 Å². The van der Waals surface area contributed by atoms with Crippen molar-refractivity contribution in [2.24, 2.45) is 0 Å². The quantitative estimate of drug-likeness (QED) is 0.851. The molecule has 0 bridgehead atoms. The minimum Gasteiger partial charge on any atom is -0.376 e. The molecule has 2 heterocycles. The van der Waals surface area contributed by atoms with E-state index in [2.05, 4.69) is 4.98 Å². The maximum absolute atomic E-state index is 12.9. The molecule has 0 aliphatic carbocycles. The Kier molecular flexibility index (Phi) is 3.69. The number of fused-ring (bicyclic) bond motifs is 1. The average Bonchev–Trinajstić information content (AvgIpc) is 2.47. The standard InChI is InChI=1S/C15H18N2O3S/c1-11-5-6-14(13-4-3-7-16-15(11)13)21(18,19)17-8-9-20-12(2)10-17/h3-7,12H,8-10H2,1-2H3/t12-/m0/s1. The van der Waals surface area contributed by atoms with E-state index in [1.165, 1.54) is 4.31 Å². The topological polar surface area (TPSA) is 59.5 Å². The predicted molar refractivity (Wildman–Crippen MR) is 80.7 cm³/mol. The van der Waals surface area contributed by atoms with Gasteiger partial charge < -0.3 is 4.74 Å². The first-order valence-electron chi connectivity index (χ1n) is 6.96. The zero-order valence-electron chi connectivity index (χ0n) is 12.1. The van der Waals surface area contributed by atoms with Crippen molar-refractivity contribution >= 4 is 20.9 Å². The van der Waals surface area contributed by atoms with Gasteiger partial charge in [0.1, 0.15) is 0 Å². The maximum atomic E-state index is 12.9. The first-order valence-corrected chi connectivity index (χ1v) is 8.40. The Morgan fingerprint density at radius 2 is 2.14 bits per heavy atom. The first-order chi connectivity index (χ1) is 10.00. The summed E-state index contributed by atoms with van der Waals surface area (Å²) in [6, 6.07) is 7.07. The fraction of sp³-hybridized carbons (Fsp3) is 0.400. The predicted octanol–water partition coefficient (Wildman–Crippen LogP) is 1.95. The summed E-state index contributed by atoms with van der Waals surface area (Å²) in [4.78, 5) is 4.63. The lowest BCUT2D eigenvalue weighted by molar-refractivity contribution is 0.0102. The van der Waals surface area contributed by atoms with Crippen LogP contribution in [0, 0.1) is 6.92 Å². The normalized spacial score (nSPS) is 20.8. The third-order valence-corrected chi connectivity index (χ3v) is 5.68. The molecule has 1 aromatic carbocycles. The summed E-state index contributed by atoms with van der Waals surface area (Å²) in [5.74, 6) is 0. The zero-order valence-corrected chi connectivity index (χ0v) is 12.9. The van der Waals surface area contributed by atoms with E-state index in [1.807, 2.05) is 26.0 Å². The van der Waals surface area contributed by atoms with E-state index < -0.39 is 10.0 Å². The van der Waals surface area contributed by atoms with Gasteiger partial charge in [0.05, 0.1) is 23.1 Å². The van der Waals surface area contributed by atoms with Gasteiger partial charge in [-0.2, -0.15) is 4.31 Å². The molecule has 0 unspecified atom stereocenters. The Morgan fingerprint density at radius 1 is 1.33 bits per heavy atom. The summed E-state index contributed by atoms with van der Waals surface area (Å²) < 4.78 is 32.7. The Hall–Kier alpha value is -1.50. The minimum absolute atomic E-state index is 0.0802. The van der Waals surface area contributed by atoms with E-state index >= 15 is 0 Å². The molecule has 3 rings (SSSR count). The van der Waals surface area contributed by atoms with Crippen molar-refractivity contribution in [3.63, 3.8) is 0 Å². The first kappa shape index (κ1) is 14.4. The molecule has 21 heavy (non-hydrogen) atoms. The van der Waals surface area contributed by atoms with E-state index in [1.54, 1.807) is 18.3 Å². The molecular weight excluding hydrogens is 288 g/mol. The molecule has 0 saturated carbocycles. The van der Waals surface area contributed by atoms with Crippen LogP contribution in [-0.4, -0.2) is 43.5 Å². The Balaban J connectivity index is 2.13. The number of sulfonamides is 1. The number of benzene rings is 1. The van der Waals surface area contributed by atoms with Crippen molar-refractivity contribution in [1.29, 1.82) is 0 Å². The number of aryl methyl sites for hydroxylation is 1. The highest BCUT2D eigenvalue weighted by molar-refractivity contribution is 7.89. The van der Waals surface area contributed by atoms with Gasteiger partial charge in [0.2, 0.25) is 10.0 Å². The van der Waals surface area contributed by atoms with Gasteiger partial charge in [-0.05, 0) is 37.6 Å². The molecule has 0 radical (unpaired) electrons. The molecule has 1 aliphatic heterocycles. The van der Waals surface area contributed by atoms with Crippen LogP contribution in [-0.2, 0) is 14.8 Å². The fourth-order valence-electron chi connectivity index (χ4n) is 2.66. The van der Waals surface area contributed by atoms with Crippen molar-refractivity contribution < 1.29 is 13.2 Å². The number of hydrogen-bond acceptors (Lipinski definition) is 4. The van der Waals surface area contributed by atoms with Crippen molar-refractivity contribution in [2.75, 3.05) is 19.7 Å². The summed E-state index contributed by atoms with van der Waals surface area (Å²) >= 11 is 0. The number of hydrogen-bond donors (Lipinski definition) is 0. The molecule has 0 N–H and O–H groups in total. The van der Waals surface area contributed by atoms with Crippen LogP contribution < -0.4 is 0 Å². The molecule has 5 nitrogen and oxygen atoms in total. The second-order valence-corrected chi connectivity index (χ2v) is 7.23. The second-order valence-electron chi connectivity index (χ2n) is 5.32. The third kappa shape index (κ3) is 2.54. The molecule has 0 amide bonds. The number of morpholine rings is 1. The third-order valence-electron chi connectivity index (χ3n) is 3.75. The molecule has 1 aliphatic rings. The Morgan fingerprint density at radius 3 is 2.90 bits per heavy atom. The molecule has 1 fully saturated rings. The van der Waals surface area contributed by atoms with Crippen LogP contribution in [0.4, 0.5) is 0 Å². The van der Waals surface area contributed by atoms with E-state index in [-0.39, 0.29) is 6.10 Å². The van der Waals surface area contributed by atoms with Gasteiger partial charge in [-0.3, -0.25) is 4.98 Å². The van der Waals surface area contributed by atoms with Crippen LogP contribution in [0.1, 0.15) is 12.5 Å². The number of nitrogens with zero attached hydrogens (tertiary/aromatic N) is 2. The zero-order chi connectivity index (χ0) is 15.0. The summed E-state index contributed by atoms with van der Waals surface area (Å²) in [7, 11) is -3.52. The molecule has 0 spiro atoms. The van der Waals surface area contributed by atoms with Crippen molar-refractivity contribution in [2.45, 2.75) is 24.8 Å². The van der Waals surface area contributed by atoms with Gasteiger partial charge in [0, 0.05) is 24.7 Å². The van der Waals surface area contributed by atoms with E-state index in [4.69, 9.17) is 4.74 Å². The summed E-state index contributed by atoms with van der Waals surface area (Å²) in [6.45, 7) is 5.03. The lowest BCUT2D eigenvalue weighted by Crippen LogP contribution is -2.44. The number of ether oxygens (including phenoxy) is 1. The van der Waals surface area contributed by atoms with Gasteiger partial charge in [-0.1, -0.05) is 6.07 Å². The van der Waals surface area contributed by atoms with E-state index in [9.17, 15) is 8.42 Å². The van der Waals surface area contributed by atoms with Crippen LogP contribution in [0.25, 0.3) is 10.9 Å². The molecule has 1 aromatic heterocycles. The Labute approximate surface area is 124 Å². The Bertz CT molecular complexity index is 774. The highest BCUT2D eigenvalue weighted by Crippen LogP contribution is 2.27. The number of rotatable bonds is 2. The summed E-state index contributed by atoms with van der Waals surface area (Å²) in [6.07, 6.45) is 1.60.